The van der Waals surface area contributed by atoms with Gasteiger partial charge in [0.2, 0.25) is 23.6 Å². The molecule has 0 spiro atoms. The topological polar surface area (TPSA) is 357 Å². The Balaban J connectivity index is 0.000000111. The van der Waals surface area contributed by atoms with Crippen molar-refractivity contribution in [2.24, 2.45) is 0 Å². The minimum Gasteiger partial charge on any atom is -0.379 e. The molecule has 8 aliphatic heterocycles. The quantitative estimate of drug-likeness (QED) is 0.0289. The van der Waals surface area contributed by atoms with E-state index in [1.165, 1.54) is 38.5 Å². The average molecular weight is 1650 g/mol. The van der Waals surface area contributed by atoms with Gasteiger partial charge in [0.1, 0.15) is 46.5 Å². The summed E-state index contributed by atoms with van der Waals surface area (Å²) in [5.41, 5.74) is 13.8. The molecule has 34 nitrogen and oxygen atoms in total. The summed E-state index contributed by atoms with van der Waals surface area (Å²) in [4.78, 5) is 82.9. The molecular weight excluding hydrogens is 1550 g/mol. The highest BCUT2D eigenvalue weighted by Crippen LogP contribution is 2.36. The van der Waals surface area contributed by atoms with Crippen LogP contribution in [0.1, 0.15) is 124 Å². The molecule has 0 aromatic carbocycles. The number of fused-ring (bicyclic) bond motifs is 4. The zero-order valence-electron chi connectivity index (χ0n) is 69.3. The number of nitrogens with one attached hydrogen (secondary N) is 10. The van der Waals surface area contributed by atoms with E-state index in [-0.39, 0.29) is 23.6 Å². The smallest absolute Gasteiger partial charge is 0.228 e. The van der Waals surface area contributed by atoms with E-state index in [9.17, 15) is 19.2 Å². The van der Waals surface area contributed by atoms with E-state index in [0.29, 0.717) is 78.7 Å². The molecule has 636 valence electrons. The molecule has 4 saturated carbocycles. The Morgan fingerprint density at radius 3 is 1.23 bits per heavy atom. The van der Waals surface area contributed by atoms with Gasteiger partial charge in [-0.1, -0.05) is 32.4 Å². The van der Waals surface area contributed by atoms with Crippen molar-refractivity contribution in [1.29, 1.82) is 0 Å². The Hall–Kier alpha value is -12.4. The van der Waals surface area contributed by atoms with Gasteiger partial charge in [0, 0.05) is 196 Å². The summed E-state index contributed by atoms with van der Waals surface area (Å²) in [6, 6.07) is 16.9. The molecule has 12 fully saturated rings. The summed E-state index contributed by atoms with van der Waals surface area (Å²) in [5, 5.41) is 50.5. The lowest BCUT2D eigenvalue weighted by Gasteiger charge is -2.40. The SMILES string of the molecule is C=C1NC(=O)C/C1=C\c1cnn2c(NC3CC3)cc(N3CCC(N4CCOCC4)CC3)nc12.C=C1NC(=O)C/C1=C\c1cnn2c(NC3CC3)cc(N3CCCN(C)CC3)nc12.C=C1NC(=O)C/C1=C\c1cnn2c(NC3CC3)cc(NCCN3CCOCC3)nc12.C=C1NC(=O)C/C1=C\c1cnn2c(NC3CC3)cc(NCCc3ccccn3)nc12. The van der Waals surface area contributed by atoms with Gasteiger partial charge in [-0.2, -0.15) is 38.5 Å². The van der Waals surface area contributed by atoms with Crippen LogP contribution in [0.15, 0.2) is 145 Å². The largest absolute Gasteiger partial charge is 0.379 e. The molecule has 34 heteroatoms. The molecule has 12 aliphatic rings. The van der Waals surface area contributed by atoms with Crippen molar-refractivity contribution in [1.82, 2.24) is 99.3 Å². The van der Waals surface area contributed by atoms with E-state index in [0.717, 1.165) is 269 Å². The van der Waals surface area contributed by atoms with Crippen molar-refractivity contribution in [3.05, 3.63) is 173 Å². The number of anilines is 8. The molecule has 4 amide bonds. The Bertz CT molecular complexity index is 5620. The van der Waals surface area contributed by atoms with Gasteiger partial charge in [-0.15, -0.1) is 0 Å². The van der Waals surface area contributed by atoms with E-state index in [2.05, 4.69) is 149 Å². The highest BCUT2D eigenvalue weighted by atomic mass is 16.5. The van der Waals surface area contributed by atoms with Gasteiger partial charge in [0.15, 0.2) is 22.6 Å². The van der Waals surface area contributed by atoms with Gasteiger partial charge in [-0.3, -0.25) is 34.0 Å². The molecule has 0 unspecified atom stereocenters. The summed E-state index contributed by atoms with van der Waals surface area (Å²) in [6.07, 6.45) is 31.9. The second-order valence-corrected chi connectivity index (χ2v) is 33.4. The van der Waals surface area contributed by atoms with Crippen molar-refractivity contribution in [3.8, 4) is 0 Å². The maximum absolute atomic E-state index is 11.8. The number of allylic oxidation sites excluding steroid dienone is 4. The van der Waals surface area contributed by atoms with Crippen LogP contribution in [0.3, 0.4) is 0 Å². The molecule has 9 aromatic rings. The summed E-state index contributed by atoms with van der Waals surface area (Å²) >= 11 is 0. The van der Waals surface area contributed by atoms with Crippen LogP contribution in [0.5, 0.6) is 0 Å². The summed E-state index contributed by atoms with van der Waals surface area (Å²) in [6.45, 7) is 31.7. The first-order valence-electron chi connectivity index (χ1n) is 43.1. The van der Waals surface area contributed by atoms with E-state index < -0.39 is 0 Å². The van der Waals surface area contributed by atoms with E-state index in [4.69, 9.17) is 29.4 Å². The number of likely N-dealkylation sites (N-methyl/N-ethyl adjacent to an activating group) is 1. The Kier molecular flexibility index (Phi) is 23.9. The van der Waals surface area contributed by atoms with Gasteiger partial charge in [-0.05, 0) is 143 Å². The van der Waals surface area contributed by atoms with E-state index in [1.807, 2.05) is 85.1 Å². The van der Waals surface area contributed by atoms with Crippen LogP contribution in [0.4, 0.5) is 46.5 Å². The van der Waals surface area contributed by atoms with Crippen molar-refractivity contribution in [2.75, 3.05) is 160 Å². The molecular formula is C88H108N28O6. The second-order valence-electron chi connectivity index (χ2n) is 33.4. The first kappa shape index (κ1) is 80.7. The number of ether oxygens (including phenoxy) is 2. The fraction of sp³-hybridized carbons (Fsp3) is 0.443. The predicted molar refractivity (Wildman–Crippen MR) is 472 cm³/mol. The molecule has 21 rings (SSSR count). The highest BCUT2D eigenvalue weighted by molar-refractivity contribution is 5.93. The van der Waals surface area contributed by atoms with Crippen LogP contribution in [0, 0.1) is 0 Å². The first-order valence-corrected chi connectivity index (χ1v) is 43.1. The number of carbonyl (C=O) groups is 4. The van der Waals surface area contributed by atoms with Crippen LogP contribution < -0.4 is 63.0 Å². The van der Waals surface area contributed by atoms with Crippen molar-refractivity contribution >= 4 is 117 Å². The number of morpholine rings is 2. The number of hydrogen-bond acceptors (Lipinski definition) is 26. The number of pyridine rings is 1. The third kappa shape index (κ3) is 19.8. The monoisotopic (exact) mass is 1650 g/mol. The molecule has 122 heavy (non-hydrogen) atoms. The number of carbonyl (C=O) groups excluding carboxylic acids is 4. The minimum absolute atomic E-state index is 0.0175. The Labute approximate surface area is 707 Å². The molecule has 8 saturated heterocycles. The number of aromatic nitrogens is 13. The normalized spacial score (nSPS) is 21.4. The summed E-state index contributed by atoms with van der Waals surface area (Å²) < 4.78 is 18.4. The predicted octanol–water partition coefficient (Wildman–Crippen LogP) is 8.12. The average Bonchev–Trinajstić information content (AvgIpc) is 1.61. The lowest BCUT2D eigenvalue weighted by Crippen LogP contribution is -2.49. The Morgan fingerprint density at radius 2 is 0.836 bits per heavy atom. The Morgan fingerprint density at radius 1 is 0.443 bits per heavy atom. The standard InChI is InChI=1S/C24H31N7O2.C22H23N7O.C21H27N7O2.C21H27N7O/c1-16-17(13-23(32)26-16)12-18-15-25-31-22(27-19-2-3-19)14-21(28-24(18)31)30-6-4-20(5-7-30)29-8-10-33-11-9-29;1-14-15(11-21(30)26-14)10-16-13-25-29-20(27-18-5-6-18)12-19(28-22(16)29)24-9-7-17-4-2-3-8-23-17;1-14-15(11-20(29)24-14)10-16-13-23-28-19(25-17-2-3-17)12-18(26-21(16)28)22-4-5-27-6-8-30-9-7-27;1-14-15(11-20(29)23-14)10-16-13-22-28-19(24-17-4-5-17)12-18(25-21(16)28)27-7-3-6-26(2)8-9-27/h12,14-15,19-20,27H,1-11,13H2,(H,26,32);2-4,8,10,12-13,18,27H,1,5-7,9,11H2,(H,24,28)(H,26,30);10,12-13,17,25H,1-9,11H2,(H,22,26)(H,24,29);10,12-13,17,24H,1,3-9,11H2,2H3,(H,23,29)/b17-12+;3*15-10+. The number of hydrogen-bond donors (Lipinski definition) is 10. The number of amides is 4. The molecule has 17 heterocycles. The maximum atomic E-state index is 11.8. The third-order valence-corrected chi connectivity index (χ3v) is 23.8. The molecule has 0 atom stereocenters. The minimum atomic E-state index is -0.0383. The van der Waals surface area contributed by atoms with Crippen LogP contribution in [-0.4, -0.2) is 250 Å². The van der Waals surface area contributed by atoms with Gasteiger partial charge in [-0.25, -0.2) is 19.9 Å². The molecule has 9 aromatic heterocycles. The number of rotatable bonds is 23. The van der Waals surface area contributed by atoms with Crippen LogP contribution in [0.2, 0.25) is 0 Å². The lowest BCUT2D eigenvalue weighted by molar-refractivity contribution is -0.119. The van der Waals surface area contributed by atoms with Crippen molar-refractivity contribution in [3.63, 3.8) is 0 Å². The van der Waals surface area contributed by atoms with Gasteiger partial charge >= 0.3 is 0 Å². The number of piperidine rings is 1. The molecule has 10 N–H and O–H groups in total. The maximum Gasteiger partial charge on any atom is 0.228 e. The molecule has 0 radical (unpaired) electrons. The summed E-state index contributed by atoms with van der Waals surface area (Å²) in [7, 11) is 2.17. The van der Waals surface area contributed by atoms with Crippen molar-refractivity contribution < 1.29 is 28.7 Å². The molecule has 0 bridgehead atoms. The number of nitrogens with zero attached hydrogens (tertiary/aromatic N) is 18. The zero-order valence-corrected chi connectivity index (χ0v) is 69.3. The van der Waals surface area contributed by atoms with Crippen LogP contribution >= 0.6 is 0 Å². The first-order chi connectivity index (χ1) is 59.5. The van der Waals surface area contributed by atoms with Crippen LogP contribution in [0.25, 0.3) is 46.9 Å². The molecule has 4 aliphatic carbocycles. The van der Waals surface area contributed by atoms with E-state index in [1.54, 1.807) is 18.6 Å². The zero-order chi connectivity index (χ0) is 83.3. The van der Waals surface area contributed by atoms with Crippen molar-refractivity contribution in [2.45, 2.75) is 133 Å². The third-order valence-electron chi connectivity index (χ3n) is 23.8. The van der Waals surface area contributed by atoms with Gasteiger partial charge in [0.05, 0.1) is 76.9 Å². The van der Waals surface area contributed by atoms with Gasteiger partial charge < -0.3 is 77.3 Å². The van der Waals surface area contributed by atoms with Gasteiger partial charge in [0.25, 0.3) is 0 Å². The van der Waals surface area contributed by atoms with Crippen LogP contribution in [-0.2, 0) is 35.1 Å². The van der Waals surface area contributed by atoms with E-state index >= 15 is 0 Å². The summed E-state index contributed by atoms with van der Waals surface area (Å²) in [5.74, 6) is 7.27. The lowest BCUT2D eigenvalue weighted by atomic mass is 10.0. The fourth-order valence-electron chi connectivity index (χ4n) is 16.3. The second kappa shape index (κ2) is 36.1. The fourth-order valence-corrected chi connectivity index (χ4v) is 16.3. The highest BCUT2D eigenvalue weighted by Gasteiger charge is 2.33.